The lowest BCUT2D eigenvalue weighted by Crippen LogP contribution is -1.88. The summed E-state index contributed by atoms with van der Waals surface area (Å²) in [6.07, 6.45) is 1.77. The van der Waals surface area contributed by atoms with Gasteiger partial charge in [-0.05, 0) is 12.1 Å². The molecule has 0 unspecified atom stereocenters. The highest BCUT2D eigenvalue weighted by atomic mass is 35.5. The molecule has 0 aliphatic rings. The van der Waals surface area contributed by atoms with Crippen molar-refractivity contribution < 1.29 is 0 Å². The van der Waals surface area contributed by atoms with Gasteiger partial charge in [0.2, 0.25) is 0 Å². The molecule has 0 saturated heterocycles. The molecule has 1 heterocycles. The number of nitrogens with two attached hydrogens (primary N) is 1. The number of nitrogen functional groups attached to an aromatic ring is 1. The van der Waals surface area contributed by atoms with Crippen LogP contribution in [-0.2, 0) is 0 Å². The second-order valence-electron chi connectivity index (χ2n) is 2.55. The fraction of sp³-hybridized carbons (Fsp3) is 0. The zero-order valence-corrected chi connectivity index (χ0v) is 9.49. The summed E-state index contributed by atoms with van der Waals surface area (Å²) in [7, 11) is 0. The van der Waals surface area contributed by atoms with Crippen LogP contribution in [0.4, 0.5) is 5.69 Å². The Morgan fingerprint density at radius 3 is 3.00 bits per heavy atom. The van der Waals surface area contributed by atoms with E-state index in [0.717, 1.165) is 9.24 Å². The van der Waals surface area contributed by atoms with Crippen molar-refractivity contribution in [2.24, 2.45) is 0 Å². The van der Waals surface area contributed by atoms with E-state index in [2.05, 4.69) is 4.98 Å². The SMILES string of the molecule is Nc1c(Cl)cccc1Sc1nccs1. The van der Waals surface area contributed by atoms with E-state index in [0.29, 0.717) is 10.7 Å². The van der Waals surface area contributed by atoms with Crippen LogP contribution in [0, 0.1) is 0 Å². The molecule has 2 rings (SSSR count). The lowest BCUT2D eigenvalue weighted by Gasteiger charge is -2.03. The molecule has 2 aromatic rings. The number of para-hydroxylation sites is 1. The predicted octanol–water partition coefficient (Wildman–Crippen LogP) is 3.53. The summed E-state index contributed by atoms with van der Waals surface area (Å²) in [6.45, 7) is 0. The van der Waals surface area contributed by atoms with Crippen molar-refractivity contribution in [2.45, 2.75) is 9.24 Å². The van der Waals surface area contributed by atoms with Gasteiger partial charge in [-0.2, -0.15) is 0 Å². The number of halogens is 1. The first-order chi connectivity index (χ1) is 6.77. The standard InChI is InChI=1S/C9H7ClN2S2/c10-6-2-1-3-7(8(6)11)14-9-12-4-5-13-9/h1-5H,11H2. The summed E-state index contributed by atoms with van der Waals surface area (Å²) < 4.78 is 0.971. The summed E-state index contributed by atoms with van der Waals surface area (Å²) in [5.41, 5.74) is 6.44. The lowest BCUT2D eigenvalue weighted by atomic mass is 10.3. The smallest absolute Gasteiger partial charge is 0.154 e. The van der Waals surface area contributed by atoms with Crippen LogP contribution in [0.5, 0.6) is 0 Å². The molecule has 0 saturated carbocycles. The zero-order chi connectivity index (χ0) is 9.97. The molecule has 0 radical (unpaired) electrons. The van der Waals surface area contributed by atoms with E-state index in [1.165, 1.54) is 11.8 Å². The molecule has 14 heavy (non-hydrogen) atoms. The number of hydrogen-bond acceptors (Lipinski definition) is 4. The summed E-state index contributed by atoms with van der Waals surface area (Å²) >= 11 is 9.02. The Morgan fingerprint density at radius 2 is 2.29 bits per heavy atom. The maximum Gasteiger partial charge on any atom is 0.154 e. The Bertz CT molecular complexity index is 428. The van der Waals surface area contributed by atoms with Gasteiger partial charge >= 0.3 is 0 Å². The van der Waals surface area contributed by atoms with E-state index in [1.807, 2.05) is 17.5 Å². The van der Waals surface area contributed by atoms with Crippen LogP contribution >= 0.6 is 34.7 Å². The highest BCUT2D eigenvalue weighted by Gasteiger charge is 2.05. The van der Waals surface area contributed by atoms with E-state index in [4.69, 9.17) is 17.3 Å². The number of thiazole rings is 1. The Hall–Kier alpha value is -0.710. The van der Waals surface area contributed by atoms with Crippen molar-refractivity contribution in [3.8, 4) is 0 Å². The average Bonchev–Trinajstić information content (AvgIpc) is 2.66. The molecule has 2 nitrogen and oxygen atoms in total. The predicted molar refractivity (Wildman–Crippen MR) is 62.1 cm³/mol. The molecule has 0 bridgehead atoms. The normalized spacial score (nSPS) is 10.4. The third-order valence-corrected chi connectivity index (χ3v) is 3.91. The molecule has 0 amide bonds. The summed E-state index contributed by atoms with van der Waals surface area (Å²) in [5.74, 6) is 0. The Labute approximate surface area is 95.1 Å². The molecular formula is C9H7ClN2S2. The van der Waals surface area contributed by atoms with Gasteiger partial charge in [0.05, 0.1) is 10.7 Å². The lowest BCUT2D eigenvalue weighted by molar-refractivity contribution is 1.25. The van der Waals surface area contributed by atoms with Crippen LogP contribution in [0.25, 0.3) is 0 Å². The Balaban J connectivity index is 2.29. The number of rotatable bonds is 2. The third kappa shape index (κ3) is 2.03. The first-order valence-electron chi connectivity index (χ1n) is 3.88. The van der Waals surface area contributed by atoms with Crippen LogP contribution < -0.4 is 5.73 Å². The molecule has 72 valence electrons. The van der Waals surface area contributed by atoms with Crippen LogP contribution in [0.2, 0.25) is 5.02 Å². The highest BCUT2D eigenvalue weighted by molar-refractivity contribution is 8.01. The van der Waals surface area contributed by atoms with Crippen LogP contribution in [0.3, 0.4) is 0 Å². The molecule has 0 spiro atoms. The van der Waals surface area contributed by atoms with Gasteiger partial charge in [0, 0.05) is 16.5 Å². The summed E-state index contributed by atoms with van der Waals surface area (Å²) in [4.78, 5) is 5.12. The third-order valence-electron chi connectivity index (χ3n) is 1.62. The maximum atomic E-state index is 5.90. The van der Waals surface area contributed by atoms with Crippen molar-refractivity contribution in [2.75, 3.05) is 5.73 Å². The summed E-state index contributed by atoms with van der Waals surface area (Å²) in [5, 5.41) is 2.52. The number of aromatic nitrogens is 1. The summed E-state index contributed by atoms with van der Waals surface area (Å²) in [6, 6.07) is 5.60. The first-order valence-corrected chi connectivity index (χ1v) is 5.96. The van der Waals surface area contributed by atoms with Gasteiger partial charge in [-0.1, -0.05) is 29.4 Å². The molecule has 0 aliphatic carbocycles. The largest absolute Gasteiger partial charge is 0.397 e. The number of nitrogens with zero attached hydrogens (tertiary/aromatic N) is 1. The minimum Gasteiger partial charge on any atom is -0.397 e. The van der Waals surface area contributed by atoms with E-state index in [-0.39, 0.29) is 0 Å². The Kier molecular flexibility index (Phi) is 2.96. The van der Waals surface area contributed by atoms with Crippen LogP contribution in [0.15, 0.2) is 39.0 Å². The molecular weight excluding hydrogens is 236 g/mol. The monoisotopic (exact) mass is 242 g/mol. The second-order valence-corrected chi connectivity index (χ2v) is 5.14. The van der Waals surface area contributed by atoms with Crippen LogP contribution in [0.1, 0.15) is 0 Å². The average molecular weight is 243 g/mol. The van der Waals surface area contributed by atoms with Gasteiger partial charge in [0.25, 0.3) is 0 Å². The molecule has 1 aromatic heterocycles. The van der Waals surface area contributed by atoms with Gasteiger partial charge in [-0.15, -0.1) is 11.3 Å². The molecule has 2 N–H and O–H groups in total. The van der Waals surface area contributed by atoms with Crippen molar-refractivity contribution in [3.63, 3.8) is 0 Å². The first kappa shape index (κ1) is 9.83. The topological polar surface area (TPSA) is 38.9 Å². The number of benzene rings is 1. The van der Waals surface area contributed by atoms with Gasteiger partial charge in [0.1, 0.15) is 0 Å². The maximum absolute atomic E-state index is 5.90. The van der Waals surface area contributed by atoms with Gasteiger partial charge in [-0.25, -0.2) is 4.98 Å². The zero-order valence-electron chi connectivity index (χ0n) is 7.11. The molecule has 5 heteroatoms. The van der Waals surface area contributed by atoms with E-state index in [1.54, 1.807) is 23.6 Å². The van der Waals surface area contributed by atoms with Crippen molar-refractivity contribution in [1.29, 1.82) is 0 Å². The van der Waals surface area contributed by atoms with E-state index < -0.39 is 0 Å². The van der Waals surface area contributed by atoms with E-state index >= 15 is 0 Å². The van der Waals surface area contributed by atoms with Crippen molar-refractivity contribution in [3.05, 3.63) is 34.8 Å². The second kappa shape index (κ2) is 4.21. The minimum absolute atomic E-state index is 0.589. The van der Waals surface area contributed by atoms with Gasteiger partial charge in [0.15, 0.2) is 4.34 Å². The molecule has 1 aromatic carbocycles. The number of anilines is 1. The molecule has 0 fully saturated rings. The Morgan fingerprint density at radius 1 is 1.43 bits per heavy atom. The van der Waals surface area contributed by atoms with Crippen LogP contribution in [-0.4, -0.2) is 4.98 Å². The van der Waals surface area contributed by atoms with Crippen molar-refractivity contribution >= 4 is 40.4 Å². The van der Waals surface area contributed by atoms with Gasteiger partial charge < -0.3 is 5.73 Å². The van der Waals surface area contributed by atoms with Gasteiger partial charge in [-0.3, -0.25) is 0 Å². The number of hydrogen-bond donors (Lipinski definition) is 1. The fourth-order valence-electron chi connectivity index (χ4n) is 0.961. The molecule has 0 aliphatic heterocycles. The minimum atomic E-state index is 0.589. The van der Waals surface area contributed by atoms with Crippen molar-refractivity contribution in [1.82, 2.24) is 4.98 Å². The fourth-order valence-corrected chi connectivity index (χ4v) is 2.85. The quantitative estimate of drug-likeness (QED) is 0.819. The van der Waals surface area contributed by atoms with E-state index in [9.17, 15) is 0 Å². The highest BCUT2D eigenvalue weighted by Crippen LogP contribution is 2.36. The molecule has 0 atom stereocenters.